The van der Waals surface area contributed by atoms with Gasteiger partial charge >= 0.3 is 0 Å². The van der Waals surface area contributed by atoms with Crippen molar-refractivity contribution in [3.63, 3.8) is 0 Å². The number of oxazole rings is 1. The zero-order chi connectivity index (χ0) is 17.7. The van der Waals surface area contributed by atoms with E-state index in [-0.39, 0.29) is 17.9 Å². The summed E-state index contributed by atoms with van der Waals surface area (Å²) in [4.78, 5) is 33.3. The average molecular weight is 347 g/mol. The number of benzene rings is 2. The van der Waals surface area contributed by atoms with Gasteiger partial charge in [-0.3, -0.25) is 14.5 Å². The number of carbonyl (C=O) groups excluding carboxylic acids is 2. The van der Waals surface area contributed by atoms with Crippen LogP contribution >= 0.6 is 0 Å². The average Bonchev–Trinajstić information content (AvgIpc) is 3.35. The highest BCUT2D eigenvalue weighted by atomic mass is 16.4. The highest BCUT2D eigenvalue weighted by molar-refractivity contribution is 6.21. The van der Waals surface area contributed by atoms with E-state index in [0.29, 0.717) is 23.7 Å². The number of rotatable bonds is 3. The molecule has 1 aromatic heterocycles. The van der Waals surface area contributed by atoms with Gasteiger partial charge in [0.05, 0.1) is 17.2 Å². The molecule has 0 saturated carbocycles. The van der Waals surface area contributed by atoms with E-state index in [1.807, 2.05) is 24.3 Å². The first kappa shape index (κ1) is 15.1. The van der Waals surface area contributed by atoms with Gasteiger partial charge in [-0.2, -0.15) is 4.98 Å². The van der Waals surface area contributed by atoms with Gasteiger partial charge < -0.3 is 9.32 Å². The number of anilines is 1. The van der Waals surface area contributed by atoms with Gasteiger partial charge in [0.2, 0.25) is 0 Å². The van der Waals surface area contributed by atoms with Crippen molar-refractivity contribution in [3.05, 3.63) is 59.7 Å². The Balaban J connectivity index is 1.42. The van der Waals surface area contributed by atoms with Crippen LogP contribution in [0.15, 0.2) is 52.9 Å². The molecule has 0 unspecified atom stereocenters. The molecular weight excluding hydrogens is 330 g/mol. The molecule has 2 aromatic carbocycles. The van der Waals surface area contributed by atoms with Gasteiger partial charge in [-0.1, -0.05) is 24.3 Å². The molecule has 5 rings (SSSR count). The summed E-state index contributed by atoms with van der Waals surface area (Å²) in [5.74, 6) is -0.426. The van der Waals surface area contributed by atoms with Crippen LogP contribution in [-0.4, -0.2) is 40.8 Å². The molecule has 0 spiro atoms. The normalized spacial score (nSPS) is 19.6. The van der Waals surface area contributed by atoms with Crippen molar-refractivity contribution < 1.29 is 14.0 Å². The van der Waals surface area contributed by atoms with Gasteiger partial charge in [0.1, 0.15) is 5.52 Å². The number of aromatic nitrogens is 1. The zero-order valence-electron chi connectivity index (χ0n) is 14.1. The molecule has 2 amide bonds. The van der Waals surface area contributed by atoms with Gasteiger partial charge in [-0.05, 0) is 37.1 Å². The third-order valence-electron chi connectivity index (χ3n) is 5.18. The molecule has 3 aromatic rings. The Morgan fingerprint density at radius 3 is 2.42 bits per heavy atom. The van der Waals surface area contributed by atoms with Gasteiger partial charge in [-0.25, -0.2) is 0 Å². The first-order valence-electron chi connectivity index (χ1n) is 8.80. The predicted molar refractivity (Wildman–Crippen MR) is 96.2 cm³/mol. The van der Waals surface area contributed by atoms with Crippen LogP contribution in [0.5, 0.6) is 0 Å². The van der Waals surface area contributed by atoms with E-state index in [0.717, 1.165) is 30.5 Å². The second-order valence-corrected chi connectivity index (χ2v) is 6.72. The molecule has 6 heteroatoms. The Kier molecular flexibility index (Phi) is 3.31. The van der Waals surface area contributed by atoms with Crippen LogP contribution in [-0.2, 0) is 0 Å². The lowest BCUT2D eigenvalue weighted by Crippen LogP contribution is -2.43. The minimum Gasteiger partial charge on any atom is -0.423 e. The largest absolute Gasteiger partial charge is 0.423 e. The third-order valence-corrected chi connectivity index (χ3v) is 5.18. The molecule has 0 aliphatic carbocycles. The van der Waals surface area contributed by atoms with Crippen molar-refractivity contribution in [2.45, 2.75) is 18.9 Å². The maximum absolute atomic E-state index is 12.6. The van der Waals surface area contributed by atoms with Gasteiger partial charge in [0, 0.05) is 13.1 Å². The van der Waals surface area contributed by atoms with Crippen LogP contribution in [0.1, 0.15) is 33.6 Å². The Labute approximate surface area is 150 Å². The summed E-state index contributed by atoms with van der Waals surface area (Å²) in [6.07, 6.45) is 1.87. The summed E-state index contributed by atoms with van der Waals surface area (Å²) >= 11 is 0. The van der Waals surface area contributed by atoms with E-state index < -0.39 is 0 Å². The fourth-order valence-electron chi connectivity index (χ4n) is 3.88. The van der Waals surface area contributed by atoms with Crippen LogP contribution in [0.2, 0.25) is 0 Å². The summed E-state index contributed by atoms with van der Waals surface area (Å²) in [5.41, 5.74) is 2.54. The number of amides is 2. The molecule has 26 heavy (non-hydrogen) atoms. The second-order valence-electron chi connectivity index (χ2n) is 6.72. The Morgan fingerprint density at radius 2 is 1.69 bits per heavy atom. The molecule has 3 heterocycles. The molecule has 130 valence electrons. The smallest absolute Gasteiger partial charge is 0.298 e. The second kappa shape index (κ2) is 5.69. The lowest BCUT2D eigenvalue weighted by Gasteiger charge is -2.26. The van der Waals surface area contributed by atoms with Gasteiger partial charge in [-0.15, -0.1) is 0 Å². The van der Waals surface area contributed by atoms with Crippen LogP contribution in [0.25, 0.3) is 11.1 Å². The fourth-order valence-corrected chi connectivity index (χ4v) is 3.88. The number of para-hydroxylation sites is 2. The standard InChI is InChI=1S/C20H17N3O3/c24-18-14-7-1-2-8-15(14)19(25)23(18)12-13-6-5-11-22(13)20-21-16-9-3-4-10-17(16)26-20/h1-4,7-10,13H,5-6,11-12H2/t13-/m1/s1. The highest BCUT2D eigenvalue weighted by Gasteiger charge is 2.39. The van der Waals surface area contributed by atoms with Crippen molar-refractivity contribution in [2.75, 3.05) is 18.0 Å². The molecule has 1 saturated heterocycles. The summed E-state index contributed by atoms with van der Waals surface area (Å²) in [6, 6.07) is 15.2. The molecule has 1 fully saturated rings. The summed E-state index contributed by atoms with van der Waals surface area (Å²) in [5, 5.41) is 0. The van der Waals surface area contributed by atoms with E-state index in [1.54, 1.807) is 24.3 Å². The van der Waals surface area contributed by atoms with E-state index in [9.17, 15) is 9.59 Å². The van der Waals surface area contributed by atoms with E-state index in [4.69, 9.17) is 4.42 Å². The minimum absolute atomic E-state index is 0.0188. The fraction of sp³-hybridized carbons (Fsp3) is 0.250. The molecule has 0 N–H and O–H groups in total. The van der Waals surface area contributed by atoms with E-state index in [1.165, 1.54) is 4.90 Å². The third kappa shape index (κ3) is 2.22. The number of fused-ring (bicyclic) bond motifs is 2. The molecular formula is C20H17N3O3. The monoisotopic (exact) mass is 347 g/mol. The number of hydrogen-bond donors (Lipinski definition) is 0. The molecule has 1 atom stereocenters. The van der Waals surface area contributed by atoms with Crippen molar-refractivity contribution in [1.29, 1.82) is 0 Å². The minimum atomic E-state index is -0.213. The van der Waals surface area contributed by atoms with Crippen molar-refractivity contribution in [1.82, 2.24) is 9.88 Å². The van der Waals surface area contributed by atoms with Crippen LogP contribution < -0.4 is 4.90 Å². The lowest BCUT2D eigenvalue weighted by molar-refractivity contribution is 0.0645. The first-order chi connectivity index (χ1) is 12.7. The Bertz CT molecular complexity index is 958. The summed E-state index contributed by atoms with van der Waals surface area (Å²) in [7, 11) is 0. The van der Waals surface area contributed by atoms with Crippen LogP contribution in [0.4, 0.5) is 6.01 Å². The number of imide groups is 1. The Morgan fingerprint density at radius 1 is 1.00 bits per heavy atom. The number of nitrogens with zero attached hydrogens (tertiary/aromatic N) is 3. The maximum atomic E-state index is 12.6. The molecule has 2 aliphatic rings. The van der Waals surface area contributed by atoms with Crippen molar-refractivity contribution in [3.8, 4) is 0 Å². The topological polar surface area (TPSA) is 66.7 Å². The van der Waals surface area contributed by atoms with Crippen LogP contribution in [0, 0.1) is 0 Å². The summed E-state index contributed by atoms with van der Waals surface area (Å²) in [6.45, 7) is 1.16. The van der Waals surface area contributed by atoms with Crippen molar-refractivity contribution in [2.24, 2.45) is 0 Å². The van der Waals surface area contributed by atoms with Crippen LogP contribution in [0.3, 0.4) is 0 Å². The molecule has 0 radical (unpaired) electrons. The Hall–Kier alpha value is -3.15. The van der Waals surface area contributed by atoms with Gasteiger partial charge in [0.25, 0.3) is 17.8 Å². The highest BCUT2D eigenvalue weighted by Crippen LogP contribution is 2.30. The zero-order valence-corrected chi connectivity index (χ0v) is 14.1. The number of carbonyl (C=O) groups is 2. The van der Waals surface area contributed by atoms with Gasteiger partial charge in [0.15, 0.2) is 5.58 Å². The molecule has 2 aliphatic heterocycles. The SMILES string of the molecule is O=C1c2ccccc2C(=O)N1C[C@H]1CCCN1c1nc2ccccc2o1. The number of hydrogen-bond acceptors (Lipinski definition) is 5. The summed E-state index contributed by atoms with van der Waals surface area (Å²) < 4.78 is 5.89. The first-order valence-corrected chi connectivity index (χ1v) is 8.80. The maximum Gasteiger partial charge on any atom is 0.298 e. The lowest BCUT2D eigenvalue weighted by atomic mass is 10.1. The van der Waals surface area contributed by atoms with E-state index >= 15 is 0 Å². The van der Waals surface area contributed by atoms with E-state index in [2.05, 4.69) is 9.88 Å². The predicted octanol–water partition coefficient (Wildman–Crippen LogP) is 3.09. The molecule has 6 nitrogen and oxygen atoms in total. The molecule has 0 bridgehead atoms. The van der Waals surface area contributed by atoms with Crippen molar-refractivity contribution >= 4 is 28.9 Å². The quantitative estimate of drug-likeness (QED) is 0.681.